The quantitative estimate of drug-likeness (QED) is 0.848. The number of nitrogens with one attached hydrogen (secondary N) is 1. The van der Waals surface area contributed by atoms with Crippen LogP contribution in [0.5, 0.6) is 0 Å². The summed E-state index contributed by atoms with van der Waals surface area (Å²) in [5, 5.41) is 10.8. The van der Waals surface area contributed by atoms with E-state index in [2.05, 4.69) is 34.2 Å². The van der Waals surface area contributed by atoms with Gasteiger partial charge < -0.3 is 5.32 Å². The Morgan fingerprint density at radius 3 is 3.00 bits per heavy atom. The molecule has 2 rings (SSSR count). The second-order valence-corrected chi connectivity index (χ2v) is 5.00. The molecule has 92 valence electrons. The lowest BCUT2D eigenvalue weighted by Gasteiger charge is -2.27. The van der Waals surface area contributed by atoms with Crippen molar-refractivity contribution >= 4 is 11.3 Å². The first-order valence-electron chi connectivity index (χ1n) is 5.72. The molecule has 0 saturated heterocycles. The van der Waals surface area contributed by atoms with Gasteiger partial charge in [-0.1, -0.05) is 6.92 Å². The third-order valence-corrected chi connectivity index (χ3v) is 3.97. The largest absolute Gasteiger partial charge is 0.304 e. The first-order valence-corrected chi connectivity index (χ1v) is 6.60. The van der Waals surface area contributed by atoms with Crippen LogP contribution in [0.15, 0.2) is 24.2 Å². The van der Waals surface area contributed by atoms with Gasteiger partial charge in [0.15, 0.2) is 0 Å². The lowest BCUT2D eigenvalue weighted by Crippen LogP contribution is -2.40. The van der Waals surface area contributed by atoms with Crippen molar-refractivity contribution in [2.75, 3.05) is 6.54 Å². The van der Waals surface area contributed by atoms with Gasteiger partial charge in [0, 0.05) is 18.1 Å². The Bertz CT molecular complexity index is 425. The van der Waals surface area contributed by atoms with Crippen LogP contribution in [-0.4, -0.2) is 26.3 Å². The average molecular weight is 251 g/mol. The van der Waals surface area contributed by atoms with Crippen LogP contribution < -0.4 is 5.32 Å². The third-order valence-electron chi connectivity index (χ3n) is 2.93. The van der Waals surface area contributed by atoms with Gasteiger partial charge in [-0.15, -0.1) is 11.3 Å². The van der Waals surface area contributed by atoms with Crippen LogP contribution in [0.3, 0.4) is 0 Å². The van der Waals surface area contributed by atoms with Crippen molar-refractivity contribution in [3.05, 3.63) is 29.2 Å². The molecular formula is C11H17N5S. The first-order chi connectivity index (χ1) is 8.24. The lowest BCUT2D eigenvalue weighted by molar-refractivity contribution is 0.340. The van der Waals surface area contributed by atoms with E-state index < -0.39 is 0 Å². The molecule has 0 radical (unpaired) electrons. The summed E-state index contributed by atoms with van der Waals surface area (Å²) >= 11 is 1.69. The molecule has 0 aliphatic rings. The molecule has 1 atom stereocenters. The monoisotopic (exact) mass is 251 g/mol. The van der Waals surface area contributed by atoms with Crippen LogP contribution >= 0.6 is 11.3 Å². The highest BCUT2D eigenvalue weighted by molar-refractivity contribution is 7.09. The average Bonchev–Trinajstić information content (AvgIpc) is 3.01. The van der Waals surface area contributed by atoms with Crippen molar-refractivity contribution in [1.29, 1.82) is 0 Å². The summed E-state index contributed by atoms with van der Waals surface area (Å²) < 4.78 is 1.82. The number of hydrogen-bond acceptors (Lipinski definition) is 5. The topological polar surface area (TPSA) is 55.6 Å². The van der Waals surface area contributed by atoms with Gasteiger partial charge >= 0.3 is 0 Å². The highest BCUT2D eigenvalue weighted by Crippen LogP contribution is 2.25. The molecule has 1 N–H and O–H groups in total. The van der Waals surface area contributed by atoms with Crippen LogP contribution in [-0.2, 0) is 12.1 Å². The molecule has 2 heterocycles. The first kappa shape index (κ1) is 12.2. The molecule has 0 fully saturated rings. The summed E-state index contributed by atoms with van der Waals surface area (Å²) in [6, 6.07) is 0. The Labute approximate surface area is 105 Å². The zero-order valence-electron chi connectivity index (χ0n) is 10.1. The third kappa shape index (κ3) is 2.89. The van der Waals surface area contributed by atoms with Crippen LogP contribution in [0.25, 0.3) is 0 Å². The highest BCUT2D eigenvalue weighted by atomic mass is 32.1. The molecule has 0 amide bonds. The molecule has 0 bridgehead atoms. The van der Waals surface area contributed by atoms with Crippen LogP contribution in [0.1, 0.15) is 25.3 Å². The molecule has 5 nitrogen and oxygen atoms in total. The van der Waals surface area contributed by atoms with E-state index in [1.807, 2.05) is 16.3 Å². The van der Waals surface area contributed by atoms with E-state index in [0.29, 0.717) is 0 Å². The fourth-order valence-electron chi connectivity index (χ4n) is 1.64. The van der Waals surface area contributed by atoms with Gasteiger partial charge in [0.1, 0.15) is 17.7 Å². The van der Waals surface area contributed by atoms with Crippen molar-refractivity contribution in [2.45, 2.75) is 32.4 Å². The molecule has 0 aromatic carbocycles. The van der Waals surface area contributed by atoms with Crippen molar-refractivity contribution < 1.29 is 0 Å². The summed E-state index contributed by atoms with van der Waals surface area (Å²) in [7, 11) is 0. The minimum Gasteiger partial charge on any atom is -0.304 e. The van der Waals surface area contributed by atoms with E-state index in [1.54, 1.807) is 24.0 Å². The minimum atomic E-state index is -0.0469. The summed E-state index contributed by atoms with van der Waals surface area (Å²) in [4.78, 5) is 8.32. The predicted molar refractivity (Wildman–Crippen MR) is 67.8 cm³/mol. The number of aromatic nitrogens is 4. The number of nitrogens with zero attached hydrogens (tertiary/aromatic N) is 4. The van der Waals surface area contributed by atoms with Gasteiger partial charge in [-0.3, -0.25) is 4.68 Å². The van der Waals surface area contributed by atoms with Crippen LogP contribution in [0.4, 0.5) is 0 Å². The maximum absolute atomic E-state index is 4.40. The van der Waals surface area contributed by atoms with Gasteiger partial charge in [0.2, 0.25) is 0 Å². The maximum atomic E-state index is 4.40. The summed E-state index contributed by atoms with van der Waals surface area (Å²) in [5.74, 6) is 0. The van der Waals surface area contributed by atoms with Gasteiger partial charge in [0.25, 0.3) is 0 Å². The number of rotatable bonds is 6. The Morgan fingerprint density at radius 1 is 1.53 bits per heavy atom. The van der Waals surface area contributed by atoms with Crippen molar-refractivity contribution in [3.8, 4) is 0 Å². The van der Waals surface area contributed by atoms with Crippen molar-refractivity contribution in [3.63, 3.8) is 0 Å². The van der Waals surface area contributed by atoms with E-state index in [0.717, 1.165) is 24.5 Å². The van der Waals surface area contributed by atoms with Crippen molar-refractivity contribution in [2.24, 2.45) is 0 Å². The van der Waals surface area contributed by atoms with E-state index in [9.17, 15) is 0 Å². The Hall–Kier alpha value is -1.27. The fraction of sp³-hybridized carbons (Fsp3) is 0.545. The normalized spacial score (nSPS) is 14.7. The van der Waals surface area contributed by atoms with Crippen molar-refractivity contribution in [1.82, 2.24) is 25.1 Å². The SMILES string of the molecule is CC[C@](C)(NCCn1cncn1)c1nccs1. The number of thiazole rings is 1. The summed E-state index contributed by atoms with van der Waals surface area (Å²) in [6.07, 6.45) is 6.15. The lowest BCUT2D eigenvalue weighted by atomic mass is 10.00. The minimum absolute atomic E-state index is 0.0469. The summed E-state index contributed by atoms with van der Waals surface area (Å²) in [6.45, 7) is 6.03. The van der Waals surface area contributed by atoms with Crippen LogP contribution in [0, 0.1) is 0 Å². The van der Waals surface area contributed by atoms with Crippen LogP contribution in [0.2, 0.25) is 0 Å². The molecule has 0 saturated carbocycles. The zero-order chi connectivity index (χ0) is 12.1. The molecule has 2 aromatic rings. The Balaban J connectivity index is 1.91. The van der Waals surface area contributed by atoms with Gasteiger partial charge in [-0.25, -0.2) is 9.97 Å². The maximum Gasteiger partial charge on any atom is 0.137 e. The van der Waals surface area contributed by atoms with E-state index >= 15 is 0 Å². The van der Waals surface area contributed by atoms with Gasteiger partial charge in [-0.05, 0) is 13.3 Å². The van der Waals surface area contributed by atoms with E-state index in [-0.39, 0.29) is 5.54 Å². The molecule has 6 heteroatoms. The second-order valence-electron chi connectivity index (χ2n) is 4.11. The standard InChI is InChI=1S/C11H17N5S/c1-3-11(2,10-13-5-7-17-10)14-4-6-16-9-12-8-15-16/h5,7-9,14H,3-4,6H2,1-2H3/t11-/m0/s1. The smallest absolute Gasteiger partial charge is 0.137 e. The Kier molecular flexibility index (Phi) is 3.86. The molecule has 0 unspecified atom stereocenters. The van der Waals surface area contributed by atoms with E-state index in [4.69, 9.17) is 0 Å². The molecule has 2 aromatic heterocycles. The molecular weight excluding hydrogens is 234 g/mol. The summed E-state index contributed by atoms with van der Waals surface area (Å²) in [5.41, 5.74) is -0.0469. The number of hydrogen-bond donors (Lipinski definition) is 1. The predicted octanol–water partition coefficient (Wildman–Crippen LogP) is 1.65. The molecule has 0 aliphatic carbocycles. The highest BCUT2D eigenvalue weighted by Gasteiger charge is 2.26. The fourth-order valence-corrected chi connectivity index (χ4v) is 2.49. The zero-order valence-corrected chi connectivity index (χ0v) is 10.9. The second kappa shape index (κ2) is 5.37. The van der Waals surface area contributed by atoms with Gasteiger partial charge in [0.05, 0.1) is 12.1 Å². The Morgan fingerprint density at radius 2 is 2.41 bits per heavy atom. The molecule has 17 heavy (non-hydrogen) atoms. The van der Waals surface area contributed by atoms with Gasteiger partial charge in [-0.2, -0.15) is 5.10 Å². The molecule has 0 aliphatic heterocycles. The molecule has 0 spiro atoms. The van der Waals surface area contributed by atoms with E-state index in [1.165, 1.54) is 0 Å².